The van der Waals surface area contributed by atoms with E-state index in [0.29, 0.717) is 10.0 Å². The van der Waals surface area contributed by atoms with Crippen molar-refractivity contribution in [2.45, 2.75) is 39.2 Å². The molecule has 0 bridgehead atoms. The van der Waals surface area contributed by atoms with Gasteiger partial charge < -0.3 is 10.1 Å². The SMILES string of the molecule is CCCC(CCNC)Oc1c(C)cc(Cl)cc1Cl.Cl. The number of aryl methyl sites for hydroxylation is 1. The smallest absolute Gasteiger partial charge is 0.141 e. The van der Waals surface area contributed by atoms with Crippen LogP contribution in [-0.2, 0) is 0 Å². The summed E-state index contributed by atoms with van der Waals surface area (Å²) in [5, 5.41) is 4.38. The van der Waals surface area contributed by atoms with Gasteiger partial charge in [-0.15, -0.1) is 12.4 Å². The highest BCUT2D eigenvalue weighted by atomic mass is 35.5. The second-order valence-electron chi connectivity index (χ2n) is 4.45. The summed E-state index contributed by atoms with van der Waals surface area (Å²) in [5.74, 6) is 0.760. The van der Waals surface area contributed by atoms with E-state index in [1.54, 1.807) is 6.07 Å². The van der Waals surface area contributed by atoms with E-state index >= 15 is 0 Å². The number of hydrogen-bond acceptors (Lipinski definition) is 2. The summed E-state index contributed by atoms with van der Waals surface area (Å²) in [6.07, 6.45) is 3.29. The van der Waals surface area contributed by atoms with Crippen LogP contribution in [0.2, 0.25) is 10.0 Å². The first-order valence-corrected chi connectivity index (χ1v) is 7.11. The highest BCUT2D eigenvalue weighted by Gasteiger charge is 2.14. The van der Waals surface area contributed by atoms with E-state index in [4.69, 9.17) is 27.9 Å². The van der Waals surface area contributed by atoms with Gasteiger partial charge in [-0.2, -0.15) is 0 Å². The molecular weight excluding hydrogens is 305 g/mol. The molecule has 0 heterocycles. The molecule has 0 saturated carbocycles. The standard InChI is InChI=1S/C14H21Cl2NO.ClH/c1-4-5-12(6-7-17-3)18-14-10(2)8-11(15)9-13(14)16;/h8-9,12,17H,4-7H2,1-3H3;1H. The highest BCUT2D eigenvalue weighted by molar-refractivity contribution is 6.35. The Bertz CT molecular complexity index is 362. The van der Waals surface area contributed by atoms with Gasteiger partial charge in [-0.05, 0) is 51.1 Å². The number of hydrogen-bond donors (Lipinski definition) is 1. The van der Waals surface area contributed by atoms with E-state index in [1.807, 2.05) is 20.0 Å². The summed E-state index contributed by atoms with van der Waals surface area (Å²) in [4.78, 5) is 0. The number of ether oxygens (including phenoxy) is 1. The minimum Gasteiger partial charge on any atom is -0.489 e. The van der Waals surface area contributed by atoms with Crippen LogP contribution >= 0.6 is 35.6 Å². The Balaban J connectivity index is 0.00000324. The molecule has 0 saturated heterocycles. The minimum atomic E-state index is 0. The molecule has 1 atom stereocenters. The van der Waals surface area contributed by atoms with Crippen LogP contribution < -0.4 is 10.1 Å². The van der Waals surface area contributed by atoms with Crippen LogP contribution in [0, 0.1) is 6.92 Å². The number of benzene rings is 1. The maximum absolute atomic E-state index is 6.19. The van der Waals surface area contributed by atoms with Gasteiger partial charge in [0, 0.05) is 5.02 Å². The van der Waals surface area contributed by atoms with Gasteiger partial charge in [0.05, 0.1) is 11.1 Å². The van der Waals surface area contributed by atoms with Gasteiger partial charge in [-0.3, -0.25) is 0 Å². The zero-order valence-electron chi connectivity index (χ0n) is 11.6. The molecular formula is C14H22Cl3NO. The molecule has 0 spiro atoms. The van der Waals surface area contributed by atoms with Gasteiger partial charge in [0.2, 0.25) is 0 Å². The van der Waals surface area contributed by atoms with Crippen molar-refractivity contribution in [2.24, 2.45) is 0 Å². The lowest BCUT2D eigenvalue weighted by molar-refractivity contribution is 0.179. The van der Waals surface area contributed by atoms with Crippen molar-refractivity contribution < 1.29 is 4.74 Å². The Kier molecular flexibility index (Phi) is 9.63. The second-order valence-corrected chi connectivity index (χ2v) is 5.30. The molecule has 0 aromatic heterocycles. The summed E-state index contributed by atoms with van der Waals surface area (Å²) < 4.78 is 6.04. The van der Waals surface area contributed by atoms with E-state index in [1.165, 1.54) is 0 Å². The molecule has 0 aliphatic rings. The normalized spacial score (nSPS) is 11.8. The summed E-state index contributed by atoms with van der Waals surface area (Å²) in [5.41, 5.74) is 0.984. The molecule has 1 aromatic carbocycles. The van der Waals surface area contributed by atoms with Gasteiger partial charge in [0.25, 0.3) is 0 Å². The molecule has 1 unspecified atom stereocenters. The molecule has 2 nitrogen and oxygen atoms in total. The molecule has 0 amide bonds. The number of halogens is 3. The quantitative estimate of drug-likeness (QED) is 0.771. The van der Waals surface area contributed by atoms with Crippen LogP contribution in [0.1, 0.15) is 31.7 Å². The summed E-state index contributed by atoms with van der Waals surface area (Å²) in [6, 6.07) is 3.61. The Morgan fingerprint density at radius 3 is 2.47 bits per heavy atom. The molecule has 19 heavy (non-hydrogen) atoms. The number of rotatable bonds is 7. The van der Waals surface area contributed by atoms with Crippen LogP contribution in [0.5, 0.6) is 5.75 Å². The van der Waals surface area contributed by atoms with Gasteiger partial charge in [-0.1, -0.05) is 36.5 Å². The van der Waals surface area contributed by atoms with E-state index in [-0.39, 0.29) is 18.5 Å². The van der Waals surface area contributed by atoms with Crippen molar-refractivity contribution in [1.29, 1.82) is 0 Å². The van der Waals surface area contributed by atoms with Crippen molar-refractivity contribution in [3.63, 3.8) is 0 Å². The maximum Gasteiger partial charge on any atom is 0.141 e. The number of nitrogens with one attached hydrogen (secondary N) is 1. The lowest BCUT2D eigenvalue weighted by Gasteiger charge is -2.21. The van der Waals surface area contributed by atoms with Crippen molar-refractivity contribution in [3.05, 3.63) is 27.7 Å². The van der Waals surface area contributed by atoms with E-state index in [9.17, 15) is 0 Å². The van der Waals surface area contributed by atoms with Gasteiger partial charge in [0.15, 0.2) is 0 Å². The van der Waals surface area contributed by atoms with Crippen molar-refractivity contribution >= 4 is 35.6 Å². The molecule has 110 valence electrons. The summed E-state index contributed by atoms with van der Waals surface area (Å²) in [6.45, 7) is 5.06. The first-order valence-electron chi connectivity index (χ1n) is 6.35. The lowest BCUT2D eigenvalue weighted by Crippen LogP contribution is -2.22. The fourth-order valence-electron chi connectivity index (χ4n) is 1.89. The first kappa shape index (κ1) is 18.9. The molecule has 1 rings (SSSR count). The zero-order valence-corrected chi connectivity index (χ0v) is 14.0. The molecule has 0 fully saturated rings. The molecule has 5 heteroatoms. The van der Waals surface area contributed by atoms with Crippen LogP contribution in [0.3, 0.4) is 0 Å². The van der Waals surface area contributed by atoms with Crippen molar-refractivity contribution in [3.8, 4) is 5.75 Å². The third-order valence-electron chi connectivity index (χ3n) is 2.81. The third kappa shape index (κ3) is 6.22. The van der Waals surface area contributed by atoms with Crippen LogP contribution in [0.4, 0.5) is 0 Å². The predicted octanol–water partition coefficient (Wildman–Crippen LogP) is 4.88. The van der Waals surface area contributed by atoms with Crippen LogP contribution in [-0.4, -0.2) is 19.7 Å². The fraction of sp³-hybridized carbons (Fsp3) is 0.571. The van der Waals surface area contributed by atoms with Gasteiger partial charge in [0.1, 0.15) is 5.75 Å². The minimum absolute atomic E-state index is 0. The Hall–Kier alpha value is -0.150. The van der Waals surface area contributed by atoms with Gasteiger partial charge >= 0.3 is 0 Å². The Labute approximate surface area is 132 Å². The summed E-state index contributed by atoms with van der Waals surface area (Å²) in [7, 11) is 1.95. The highest BCUT2D eigenvalue weighted by Crippen LogP contribution is 2.33. The monoisotopic (exact) mass is 325 g/mol. The zero-order chi connectivity index (χ0) is 13.5. The molecule has 0 aliphatic carbocycles. The Morgan fingerprint density at radius 2 is 1.95 bits per heavy atom. The molecule has 1 N–H and O–H groups in total. The van der Waals surface area contributed by atoms with Crippen LogP contribution in [0.15, 0.2) is 12.1 Å². The molecule has 0 aliphatic heterocycles. The summed E-state index contributed by atoms with van der Waals surface area (Å²) >= 11 is 12.1. The van der Waals surface area contributed by atoms with E-state index in [2.05, 4.69) is 12.2 Å². The second kappa shape index (κ2) is 9.71. The Morgan fingerprint density at radius 1 is 1.26 bits per heavy atom. The van der Waals surface area contributed by atoms with Crippen LogP contribution in [0.25, 0.3) is 0 Å². The largest absolute Gasteiger partial charge is 0.489 e. The lowest BCUT2D eigenvalue weighted by atomic mass is 10.1. The van der Waals surface area contributed by atoms with Crippen molar-refractivity contribution in [2.75, 3.05) is 13.6 Å². The van der Waals surface area contributed by atoms with E-state index < -0.39 is 0 Å². The maximum atomic E-state index is 6.19. The van der Waals surface area contributed by atoms with Gasteiger partial charge in [-0.25, -0.2) is 0 Å². The first-order chi connectivity index (χ1) is 8.58. The predicted molar refractivity (Wildman–Crippen MR) is 86.3 cm³/mol. The fourth-order valence-corrected chi connectivity index (χ4v) is 2.53. The topological polar surface area (TPSA) is 21.3 Å². The average molecular weight is 327 g/mol. The molecule has 1 aromatic rings. The molecule has 0 radical (unpaired) electrons. The van der Waals surface area contributed by atoms with Crippen molar-refractivity contribution in [1.82, 2.24) is 5.32 Å². The average Bonchev–Trinajstić information content (AvgIpc) is 2.30. The van der Waals surface area contributed by atoms with E-state index in [0.717, 1.165) is 37.1 Å². The third-order valence-corrected chi connectivity index (χ3v) is 3.30.